The van der Waals surface area contributed by atoms with Gasteiger partial charge in [0.25, 0.3) is 0 Å². The number of hydrogen-bond donors (Lipinski definition) is 0. The Morgan fingerprint density at radius 1 is 1.12 bits per heavy atom. The summed E-state index contributed by atoms with van der Waals surface area (Å²) in [6.45, 7) is 15.5. The average molecular weight is 212 g/mol. The molecule has 0 aromatic heterocycles. The van der Waals surface area contributed by atoms with Gasteiger partial charge in [0, 0.05) is 0 Å². The third-order valence-electron chi connectivity index (χ3n) is 2.65. The van der Waals surface area contributed by atoms with Gasteiger partial charge in [0.05, 0.1) is 18.2 Å². The molecular formula is C14H16N2. The van der Waals surface area contributed by atoms with Crippen LogP contribution in [-0.4, -0.2) is 0 Å². The van der Waals surface area contributed by atoms with Crippen LogP contribution < -0.4 is 0 Å². The fraction of sp³-hybridized carbons (Fsp3) is 0.429. The van der Waals surface area contributed by atoms with Gasteiger partial charge in [-0.3, -0.25) is 0 Å². The molecule has 0 aliphatic heterocycles. The van der Waals surface area contributed by atoms with Crippen LogP contribution in [0.2, 0.25) is 0 Å². The maximum atomic E-state index is 8.99. The Balaban J connectivity index is 3.56. The van der Waals surface area contributed by atoms with Crippen LogP contribution in [0.3, 0.4) is 0 Å². The van der Waals surface area contributed by atoms with Gasteiger partial charge in [0.15, 0.2) is 5.69 Å². The summed E-state index contributed by atoms with van der Waals surface area (Å²) in [5.74, 6) is 0.546. The zero-order valence-corrected chi connectivity index (χ0v) is 10.2. The summed E-state index contributed by atoms with van der Waals surface area (Å²) in [4.78, 5) is 3.63. The number of benzene rings is 1. The molecule has 0 aliphatic rings. The molecule has 16 heavy (non-hydrogen) atoms. The van der Waals surface area contributed by atoms with Crippen molar-refractivity contribution in [1.29, 1.82) is 5.26 Å². The molecule has 0 spiro atoms. The summed E-state index contributed by atoms with van der Waals surface area (Å²) >= 11 is 0. The van der Waals surface area contributed by atoms with E-state index in [9.17, 15) is 0 Å². The van der Waals surface area contributed by atoms with Crippen molar-refractivity contribution in [1.82, 2.24) is 0 Å². The first-order valence-electron chi connectivity index (χ1n) is 5.46. The van der Waals surface area contributed by atoms with Crippen molar-refractivity contribution in [3.8, 4) is 6.07 Å². The molecule has 0 fully saturated rings. The van der Waals surface area contributed by atoms with Crippen LogP contribution >= 0.6 is 0 Å². The van der Waals surface area contributed by atoms with Crippen molar-refractivity contribution in [2.24, 2.45) is 0 Å². The Hall–Kier alpha value is -1.80. The van der Waals surface area contributed by atoms with Crippen molar-refractivity contribution < 1.29 is 0 Å². The van der Waals surface area contributed by atoms with Crippen LogP contribution in [0, 0.1) is 17.9 Å². The Morgan fingerprint density at radius 2 is 1.56 bits per heavy atom. The van der Waals surface area contributed by atoms with Crippen molar-refractivity contribution in [3.05, 3.63) is 40.2 Å². The van der Waals surface area contributed by atoms with Gasteiger partial charge >= 0.3 is 0 Å². The number of nitrogens with zero attached hydrogens (tertiary/aromatic N) is 2. The minimum absolute atomic E-state index is 0.273. The monoisotopic (exact) mass is 212 g/mol. The molecule has 0 amide bonds. The molecular weight excluding hydrogens is 196 g/mol. The van der Waals surface area contributed by atoms with Crippen LogP contribution in [-0.2, 0) is 0 Å². The molecule has 1 aromatic carbocycles. The molecule has 0 unspecified atom stereocenters. The average Bonchev–Trinajstić information content (AvgIpc) is 2.26. The summed E-state index contributed by atoms with van der Waals surface area (Å²) in [5, 5.41) is 8.99. The van der Waals surface area contributed by atoms with Crippen LogP contribution in [0.15, 0.2) is 12.1 Å². The van der Waals surface area contributed by atoms with E-state index in [2.05, 4.69) is 38.6 Å². The van der Waals surface area contributed by atoms with Gasteiger partial charge in [0.2, 0.25) is 0 Å². The fourth-order valence-electron chi connectivity index (χ4n) is 1.75. The lowest BCUT2D eigenvalue weighted by Gasteiger charge is -2.15. The van der Waals surface area contributed by atoms with Gasteiger partial charge in [-0.2, -0.15) is 5.26 Å². The Labute approximate surface area is 97.3 Å². The van der Waals surface area contributed by atoms with E-state index in [1.54, 1.807) is 0 Å². The molecule has 1 rings (SSSR count). The molecule has 0 atom stereocenters. The molecule has 2 nitrogen and oxygen atoms in total. The number of nitriles is 1. The van der Waals surface area contributed by atoms with E-state index in [1.165, 1.54) is 0 Å². The third kappa shape index (κ3) is 2.23. The predicted molar refractivity (Wildman–Crippen MR) is 65.6 cm³/mol. The lowest BCUT2D eigenvalue weighted by atomic mass is 9.91. The largest absolute Gasteiger partial charge is 0.238 e. The SMILES string of the molecule is [C-]#[N+]c1c(C(C)C)cc(C#N)cc1C(C)C. The van der Waals surface area contributed by atoms with Crippen LogP contribution in [0.1, 0.15) is 56.2 Å². The van der Waals surface area contributed by atoms with E-state index in [0.29, 0.717) is 5.56 Å². The molecule has 0 N–H and O–H groups in total. The van der Waals surface area contributed by atoms with Gasteiger partial charge in [-0.05, 0) is 23.0 Å². The highest BCUT2D eigenvalue weighted by Gasteiger charge is 2.15. The van der Waals surface area contributed by atoms with Crippen LogP contribution in [0.5, 0.6) is 0 Å². The topological polar surface area (TPSA) is 28.1 Å². The summed E-state index contributed by atoms with van der Waals surface area (Å²) in [6.07, 6.45) is 0. The van der Waals surface area contributed by atoms with Gasteiger partial charge in [0.1, 0.15) is 0 Å². The molecule has 0 saturated heterocycles. The normalized spacial score (nSPS) is 10.2. The maximum absolute atomic E-state index is 8.99. The molecule has 82 valence electrons. The minimum Gasteiger partial charge on any atom is -0.238 e. The standard InChI is InChI=1S/C14H16N2/c1-9(2)12-6-11(8-15)7-13(10(3)4)14(12)16-5/h6-7,9-10H,1-4H3. The molecule has 1 aromatic rings. The van der Waals surface area contributed by atoms with Gasteiger partial charge in [-0.25, -0.2) is 4.85 Å². The smallest absolute Gasteiger partial charge is 0.194 e. The van der Waals surface area contributed by atoms with E-state index in [-0.39, 0.29) is 11.8 Å². The van der Waals surface area contributed by atoms with Crippen molar-refractivity contribution in [2.45, 2.75) is 39.5 Å². The van der Waals surface area contributed by atoms with Crippen LogP contribution in [0.4, 0.5) is 5.69 Å². The van der Waals surface area contributed by atoms with E-state index < -0.39 is 0 Å². The van der Waals surface area contributed by atoms with E-state index >= 15 is 0 Å². The molecule has 0 aliphatic carbocycles. The predicted octanol–water partition coefficient (Wildman–Crippen LogP) is 4.36. The van der Waals surface area contributed by atoms with E-state index in [0.717, 1.165) is 16.8 Å². The minimum atomic E-state index is 0.273. The lowest BCUT2D eigenvalue weighted by Crippen LogP contribution is -1.96. The van der Waals surface area contributed by atoms with E-state index in [1.807, 2.05) is 12.1 Å². The zero-order chi connectivity index (χ0) is 12.3. The molecule has 0 radical (unpaired) electrons. The van der Waals surface area contributed by atoms with Crippen molar-refractivity contribution >= 4 is 5.69 Å². The maximum Gasteiger partial charge on any atom is 0.194 e. The molecule has 2 heteroatoms. The summed E-state index contributed by atoms with van der Waals surface area (Å²) in [5.41, 5.74) is 3.35. The highest BCUT2D eigenvalue weighted by Crippen LogP contribution is 2.35. The van der Waals surface area contributed by atoms with Crippen molar-refractivity contribution in [2.75, 3.05) is 0 Å². The highest BCUT2D eigenvalue weighted by molar-refractivity contribution is 5.63. The molecule has 0 heterocycles. The zero-order valence-electron chi connectivity index (χ0n) is 10.2. The van der Waals surface area contributed by atoms with Crippen LogP contribution in [0.25, 0.3) is 4.85 Å². The second-order valence-electron chi connectivity index (χ2n) is 4.54. The first-order chi connectivity index (χ1) is 7.51. The summed E-state index contributed by atoms with van der Waals surface area (Å²) in [7, 11) is 0. The highest BCUT2D eigenvalue weighted by atomic mass is 14.7. The second kappa shape index (κ2) is 4.81. The lowest BCUT2D eigenvalue weighted by molar-refractivity contribution is 0.840. The number of hydrogen-bond acceptors (Lipinski definition) is 1. The Kier molecular flexibility index (Phi) is 3.69. The second-order valence-corrected chi connectivity index (χ2v) is 4.54. The summed E-state index contributed by atoms with van der Waals surface area (Å²) in [6, 6.07) is 5.84. The Bertz CT molecular complexity index is 441. The first kappa shape index (κ1) is 12.3. The van der Waals surface area contributed by atoms with Crippen molar-refractivity contribution in [3.63, 3.8) is 0 Å². The third-order valence-corrected chi connectivity index (χ3v) is 2.65. The quantitative estimate of drug-likeness (QED) is 0.669. The number of rotatable bonds is 2. The summed E-state index contributed by atoms with van der Waals surface area (Å²) < 4.78 is 0. The first-order valence-corrected chi connectivity index (χ1v) is 5.46. The van der Waals surface area contributed by atoms with Gasteiger partial charge < -0.3 is 0 Å². The Morgan fingerprint density at radius 3 is 1.81 bits per heavy atom. The van der Waals surface area contributed by atoms with Gasteiger partial charge in [-0.1, -0.05) is 39.8 Å². The fourth-order valence-corrected chi connectivity index (χ4v) is 1.75. The van der Waals surface area contributed by atoms with E-state index in [4.69, 9.17) is 11.8 Å². The molecule has 0 saturated carbocycles. The van der Waals surface area contributed by atoms with Gasteiger partial charge in [-0.15, -0.1) is 0 Å². The molecule has 0 bridgehead atoms.